The molecule has 10 heteroatoms. The number of carbonyl (C=O) groups excluding carboxylic acids is 1. The summed E-state index contributed by atoms with van der Waals surface area (Å²) in [6.07, 6.45) is 4.73. The Hall–Kier alpha value is -3.82. The van der Waals surface area contributed by atoms with Crippen LogP contribution < -0.4 is 16.1 Å². The van der Waals surface area contributed by atoms with Crippen molar-refractivity contribution in [2.75, 3.05) is 36.7 Å². The van der Waals surface area contributed by atoms with E-state index in [-0.39, 0.29) is 17.7 Å². The van der Waals surface area contributed by atoms with Gasteiger partial charge in [0.15, 0.2) is 5.82 Å². The van der Waals surface area contributed by atoms with E-state index >= 15 is 0 Å². The predicted molar refractivity (Wildman–Crippen MR) is 135 cm³/mol. The maximum atomic E-state index is 13.1. The SMILES string of the molecule is C/C(=N\Nc1ncc(Cl)c(Nc2cccc(NC(=O)/C=C/CN(C)C)c2)n1)c1ccc(F)cc1. The summed E-state index contributed by atoms with van der Waals surface area (Å²) in [6, 6.07) is 13.2. The molecule has 0 radical (unpaired) electrons. The summed E-state index contributed by atoms with van der Waals surface area (Å²) >= 11 is 6.26. The van der Waals surface area contributed by atoms with E-state index in [4.69, 9.17) is 11.6 Å². The molecule has 3 N–H and O–H groups in total. The molecule has 0 unspecified atom stereocenters. The average Bonchev–Trinajstić information content (AvgIpc) is 2.80. The minimum absolute atomic E-state index is 0.222. The number of hydrazone groups is 1. The molecule has 1 aromatic heterocycles. The zero-order valence-corrected chi connectivity index (χ0v) is 19.8. The lowest BCUT2D eigenvalue weighted by Gasteiger charge is -2.11. The van der Waals surface area contributed by atoms with E-state index in [0.29, 0.717) is 34.5 Å². The number of aromatic nitrogens is 2. The van der Waals surface area contributed by atoms with Crippen molar-refractivity contribution in [2.24, 2.45) is 5.10 Å². The van der Waals surface area contributed by atoms with Crippen molar-refractivity contribution in [3.63, 3.8) is 0 Å². The quantitative estimate of drug-likeness (QED) is 0.228. The number of likely N-dealkylation sites (N-methyl/N-ethyl adjacent to an activating group) is 1. The van der Waals surface area contributed by atoms with Crippen LogP contribution in [0.5, 0.6) is 0 Å². The van der Waals surface area contributed by atoms with Gasteiger partial charge in [0.05, 0.1) is 11.9 Å². The van der Waals surface area contributed by atoms with E-state index in [1.165, 1.54) is 24.4 Å². The summed E-state index contributed by atoms with van der Waals surface area (Å²) in [5, 5.41) is 10.5. The van der Waals surface area contributed by atoms with Crippen molar-refractivity contribution in [3.8, 4) is 0 Å². The van der Waals surface area contributed by atoms with Gasteiger partial charge in [0.1, 0.15) is 10.8 Å². The Morgan fingerprint density at radius 1 is 1.18 bits per heavy atom. The Labute approximate surface area is 202 Å². The van der Waals surface area contributed by atoms with Crippen molar-refractivity contribution < 1.29 is 9.18 Å². The lowest BCUT2D eigenvalue weighted by Crippen LogP contribution is -2.13. The number of anilines is 4. The lowest BCUT2D eigenvalue weighted by molar-refractivity contribution is -0.111. The number of amides is 1. The molecule has 176 valence electrons. The number of nitrogens with zero attached hydrogens (tertiary/aromatic N) is 4. The highest BCUT2D eigenvalue weighted by Gasteiger charge is 2.08. The van der Waals surface area contributed by atoms with Crippen LogP contribution in [-0.2, 0) is 4.79 Å². The van der Waals surface area contributed by atoms with Crippen LogP contribution in [-0.4, -0.2) is 47.1 Å². The topological polar surface area (TPSA) is 94.5 Å². The van der Waals surface area contributed by atoms with Crippen LogP contribution in [0.4, 0.5) is 27.5 Å². The molecule has 0 saturated carbocycles. The van der Waals surface area contributed by atoms with Crippen LogP contribution in [0.2, 0.25) is 5.02 Å². The average molecular weight is 482 g/mol. The first-order valence-corrected chi connectivity index (χ1v) is 10.8. The molecule has 2 aromatic carbocycles. The summed E-state index contributed by atoms with van der Waals surface area (Å²) in [7, 11) is 3.85. The molecule has 0 spiro atoms. The van der Waals surface area contributed by atoms with Crippen molar-refractivity contribution in [1.82, 2.24) is 14.9 Å². The normalized spacial score (nSPS) is 11.6. The molecule has 0 aliphatic heterocycles. The highest BCUT2D eigenvalue weighted by molar-refractivity contribution is 6.32. The Bertz CT molecular complexity index is 1200. The number of carbonyl (C=O) groups is 1. The summed E-state index contributed by atoms with van der Waals surface area (Å²) in [5.41, 5.74) is 5.47. The van der Waals surface area contributed by atoms with E-state index in [1.54, 1.807) is 43.3 Å². The molecule has 0 bridgehead atoms. The number of benzene rings is 2. The molecule has 0 saturated heterocycles. The van der Waals surface area contributed by atoms with Crippen LogP contribution in [0.1, 0.15) is 12.5 Å². The molecule has 3 rings (SSSR count). The smallest absolute Gasteiger partial charge is 0.248 e. The second kappa shape index (κ2) is 11.9. The molecular weight excluding hydrogens is 457 g/mol. The monoisotopic (exact) mass is 481 g/mol. The van der Waals surface area contributed by atoms with Gasteiger partial charge in [0.2, 0.25) is 11.9 Å². The van der Waals surface area contributed by atoms with Crippen LogP contribution in [0, 0.1) is 5.82 Å². The third-order valence-electron chi connectivity index (χ3n) is 4.46. The standard InChI is InChI=1S/C24H25ClFN7O/c1-16(17-9-11-18(26)12-10-17)31-32-24-27-15-21(25)23(30-24)29-20-7-4-6-19(14-20)28-22(34)8-5-13-33(2)3/h4-12,14-15H,13H2,1-3H3,(H,28,34)(H2,27,29,30,32)/b8-5+,31-16+. The second-order valence-electron chi connectivity index (χ2n) is 7.57. The summed E-state index contributed by atoms with van der Waals surface area (Å²) in [6.45, 7) is 2.45. The second-order valence-corrected chi connectivity index (χ2v) is 7.97. The fraction of sp³-hybridized carbons (Fsp3) is 0.167. The maximum Gasteiger partial charge on any atom is 0.248 e. The van der Waals surface area contributed by atoms with Gasteiger partial charge in [0, 0.05) is 24.0 Å². The maximum absolute atomic E-state index is 13.1. The molecule has 1 heterocycles. The molecule has 0 aliphatic rings. The van der Waals surface area contributed by atoms with E-state index < -0.39 is 0 Å². The minimum atomic E-state index is -0.314. The first kappa shape index (κ1) is 24.8. The first-order chi connectivity index (χ1) is 16.3. The van der Waals surface area contributed by atoms with E-state index in [2.05, 4.69) is 31.1 Å². The zero-order chi connectivity index (χ0) is 24.5. The number of hydrogen-bond acceptors (Lipinski definition) is 7. The van der Waals surface area contributed by atoms with Gasteiger partial charge in [-0.05, 0) is 56.9 Å². The van der Waals surface area contributed by atoms with Gasteiger partial charge in [-0.25, -0.2) is 14.8 Å². The lowest BCUT2D eigenvalue weighted by atomic mass is 10.1. The van der Waals surface area contributed by atoms with Gasteiger partial charge in [0.25, 0.3) is 0 Å². The predicted octanol–water partition coefficient (Wildman–Crippen LogP) is 4.91. The minimum Gasteiger partial charge on any atom is -0.339 e. The molecule has 8 nitrogen and oxygen atoms in total. The van der Waals surface area contributed by atoms with Gasteiger partial charge < -0.3 is 15.5 Å². The fourth-order valence-corrected chi connectivity index (χ4v) is 2.90. The third kappa shape index (κ3) is 7.65. The van der Waals surface area contributed by atoms with Crippen LogP contribution in [0.3, 0.4) is 0 Å². The zero-order valence-electron chi connectivity index (χ0n) is 19.0. The van der Waals surface area contributed by atoms with Crippen molar-refractivity contribution in [3.05, 3.63) is 83.3 Å². The molecule has 3 aromatic rings. The Morgan fingerprint density at radius 3 is 2.65 bits per heavy atom. The van der Waals surface area contributed by atoms with Gasteiger partial charge in [-0.15, -0.1) is 0 Å². The Morgan fingerprint density at radius 2 is 1.91 bits per heavy atom. The summed E-state index contributed by atoms with van der Waals surface area (Å²) < 4.78 is 13.1. The molecule has 34 heavy (non-hydrogen) atoms. The number of hydrogen-bond donors (Lipinski definition) is 3. The van der Waals surface area contributed by atoms with Crippen LogP contribution in [0.15, 0.2) is 72.0 Å². The Kier molecular flexibility index (Phi) is 8.66. The van der Waals surface area contributed by atoms with Crippen LogP contribution >= 0.6 is 11.6 Å². The molecule has 0 fully saturated rings. The summed E-state index contributed by atoms with van der Waals surface area (Å²) in [5.74, 6) is 0.0534. The van der Waals surface area contributed by atoms with Crippen molar-refractivity contribution in [2.45, 2.75) is 6.92 Å². The van der Waals surface area contributed by atoms with Gasteiger partial charge in [-0.3, -0.25) is 4.79 Å². The Balaban J connectivity index is 1.68. The van der Waals surface area contributed by atoms with E-state index in [0.717, 1.165) is 5.56 Å². The van der Waals surface area contributed by atoms with Gasteiger partial charge in [-0.2, -0.15) is 10.1 Å². The molecular formula is C24H25ClFN7O. The summed E-state index contributed by atoms with van der Waals surface area (Å²) in [4.78, 5) is 22.5. The largest absolute Gasteiger partial charge is 0.339 e. The number of nitrogens with one attached hydrogen (secondary N) is 3. The number of rotatable bonds is 9. The fourth-order valence-electron chi connectivity index (χ4n) is 2.76. The van der Waals surface area contributed by atoms with Crippen molar-refractivity contribution >= 4 is 46.4 Å². The first-order valence-electron chi connectivity index (χ1n) is 10.4. The van der Waals surface area contributed by atoms with Gasteiger partial charge in [-0.1, -0.05) is 35.9 Å². The molecule has 0 aliphatic carbocycles. The van der Waals surface area contributed by atoms with E-state index in [9.17, 15) is 9.18 Å². The third-order valence-corrected chi connectivity index (χ3v) is 4.74. The van der Waals surface area contributed by atoms with Crippen molar-refractivity contribution in [1.29, 1.82) is 0 Å². The number of halogens is 2. The molecule has 0 atom stereocenters. The van der Waals surface area contributed by atoms with E-state index in [1.807, 2.05) is 25.1 Å². The highest BCUT2D eigenvalue weighted by atomic mass is 35.5. The van der Waals surface area contributed by atoms with Gasteiger partial charge >= 0.3 is 0 Å². The van der Waals surface area contributed by atoms with Crippen LogP contribution in [0.25, 0.3) is 0 Å². The molecule has 1 amide bonds. The highest BCUT2D eigenvalue weighted by Crippen LogP contribution is 2.25.